The van der Waals surface area contributed by atoms with E-state index in [-0.39, 0.29) is 11.8 Å². The van der Waals surface area contributed by atoms with Crippen LogP contribution in [0, 0.1) is 12.8 Å². The van der Waals surface area contributed by atoms with Gasteiger partial charge >= 0.3 is 0 Å². The molecular weight excluding hydrogens is 214 g/mol. The molecule has 2 aliphatic rings. The molecule has 4 nitrogen and oxygen atoms in total. The lowest BCUT2D eigenvalue weighted by Gasteiger charge is -2.18. The normalized spacial score (nSPS) is 23.6. The minimum absolute atomic E-state index is 0.0524. The molecule has 0 saturated carbocycles. The summed E-state index contributed by atoms with van der Waals surface area (Å²) in [6.07, 6.45) is 0.874. The van der Waals surface area contributed by atoms with Crippen LogP contribution in [-0.4, -0.2) is 24.7 Å². The number of benzene rings is 1. The van der Waals surface area contributed by atoms with Gasteiger partial charge in [-0.3, -0.25) is 4.79 Å². The Morgan fingerprint density at radius 3 is 3.00 bits per heavy atom. The zero-order chi connectivity index (χ0) is 11.8. The van der Waals surface area contributed by atoms with Crippen LogP contribution in [0.5, 0.6) is 0 Å². The molecule has 0 spiro atoms. The molecule has 1 N–H and O–H groups in total. The Kier molecular flexibility index (Phi) is 2.44. The summed E-state index contributed by atoms with van der Waals surface area (Å²) < 4.78 is 0. The number of anilines is 1. The Morgan fingerprint density at radius 1 is 1.41 bits per heavy atom. The molecule has 1 atom stereocenters. The van der Waals surface area contributed by atoms with Crippen molar-refractivity contribution in [1.82, 2.24) is 5.32 Å². The van der Waals surface area contributed by atoms with E-state index >= 15 is 0 Å². The first-order valence-electron chi connectivity index (χ1n) is 5.95. The number of rotatable bonds is 1. The molecule has 1 unspecified atom stereocenters. The maximum absolute atomic E-state index is 12.3. The highest BCUT2D eigenvalue weighted by Gasteiger charge is 2.37. The van der Waals surface area contributed by atoms with Crippen LogP contribution >= 0.6 is 0 Å². The molecule has 1 amide bonds. The third-order valence-electron chi connectivity index (χ3n) is 3.39. The lowest BCUT2D eigenvalue weighted by atomic mass is 9.97. The van der Waals surface area contributed by atoms with Crippen LogP contribution in [0.2, 0.25) is 0 Å². The number of carbonyl (C=O) groups is 1. The topological polar surface area (TPSA) is 44.7 Å². The van der Waals surface area contributed by atoms with Crippen molar-refractivity contribution in [2.24, 2.45) is 11.0 Å². The van der Waals surface area contributed by atoms with Crippen molar-refractivity contribution in [2.45, 2.75) is 13.3 Å². The van der Waals surface area contributed by atoms with Gasteiger partial charge < -0.3 is 5.32 Å². The second-order valence-corrected chi connectivity index (χ2v) is 4.53. The van der Waals surface area contributed by atoms with E-state index in [1.807, 2.05) is 31.2 Å². The van der Waals surface area contributed by atoms with E-state index < -0.39 is 0 Å². The Bertz CT molecular complexity index is 495. The van der Waals surface area contributed by atoms with Crippen LogP contribution < -0.4 is 10.3 Å². The average molecular weight is 229 g/mol. The molecule has 88 valence electrons. The number of hydrogen-bond donors (Lipinski definition) is 1. The van der Waals surface area contributed by atoms with Gasteiger partial charge in [-0.15, -0.1) is 0 Å². The summed E-state index contributed by atoms with van der Waals surface area (Å²) in [6.45, 7) is 3.65. The maximum Gasteiger partial charge on any atom is 0.257 e. The van der Waals surface area contributed by atoms with Gasteiger partial charge in [0.25, 0.3) is 5.91 Å². The molecule has 17 heavy (non-hydrogen) atoms. The SMILES string of the molecule is Cc1ccccc1N1N=C2CCNCC2C1=O. The number of piperidine rings is 1. The lowest BCUT2D eigenvalue weighted by molar-refractivity contribution is -0.119. The molecule has 0 aliphatic carbocycles. The highest BCUT2D eigenvalue weighted by Crippen LogP contribution is 2.28. The number of hydrogen-bond acceptors (Lipinski definition) is 3. The zero-order valence-electron chi connectivity index (χ0n) is 9.81. The summed E-state index contributed by atoms with van der Waals surface area (Å²) in [5.41, 5.74) is 3.01. The standard InChI is InChI=1S/C13H15N3O/c1-9-4-2-3-5-12(9)16-13(17)10-8-14-7-6-11(10)15-16/h2-5,10,14H,6-8H2,1H3. The molecule has 2 heterocycles. The monoisotopic (exact) mass is 229 g/mol. The number of hydrazone groups is 1. The van der Waals surface area contributed by atoms with Gasteiger partial charge in [0, 0.05) is 19.5 Å². The third kappa shape index (κ3) is 1.65. The van der Waals surface area contributed by atoms with Crippen LogP contribution in [0.1, 0.15) is 12.0 Å². The first-order chi connectivity index (χ1) is 8.27. The van der Waals surface area contributed by atoms with Gasteiger partial charge in [-0.25, -0.2) is 0 Å². The fourth-order valence-corrected chi connectivity index (χ4v) is 2.40. The molecular formula is C13H15N3O. The quantitative estimate of drug-likeness (QED) is 0.789. The summed E-state index contributed by atoms with van der Waals surface area (Å²) in [5.74, 6) is 0.0462. The van der Waals surface area contributed by atoms with Crippen LogP contribution in [0.15, 0.2) is 29.4 Å². The largest absolute Gasteiger partial charge is 0.315 e. The van der Waals surface area contributed by atoms with Crippen LogP contribution in [0.3, 0.4) is 0 Å². The summed E-state index contributed by atoms with van der Waals surface area (Å²) in [5, 5.41) is 9.30. The highest BCUT2D eigenvalue weighted by molar-refractivity contribution is 6.16. The summed E-state index contributed by atoms with van der Waals surface area (Å²) in [7, 11) is 0. The molecule has 0 radical (unpaired) electrons. The van der Waals surface area contributed by atoms with Crippen molar-refractivity contribution in [2.75, 3.05) is 18.1 Å². The minimum Gasteiger partial charge on any atom is -0.315 e. The smallest absolute Gasteiger partial charge is 0.257 e. The second kappa shape index (κ2) is 3.96. The van der Waals surface area contributed by atoms with Crippen LogP contribution in [-0.2, 0) is 4.79 Å². The molecule has 1 aromatic carbocycles. The molecule has 2 aliphatic heterocycles. The van der Waals surface area contributed by atoms with Gasteiger partial charge in [0.2, 0.25) is 0 Å². The summed E-state index contributed by atoms with van der Waals surface area (Å²) >= 11 is 0. The summed E-state index contributed by atoms with van der Waals surface area (Å²) in [4.78, 5) is 12.3. The number of amides is 1. The minimum atomic E-state index is -0.0524. The van der Waals surface area contributed by atoms with Gasteiger partial charge in [0.1, 0.15) is 0 Å². The van der Waals surface area contributed by atoms with Crippen molar-refractivity contribution in [1.29, 1.82) is 0 Å². The van der Waals surface area contributed by atoms with Gasteiger partial charge in [-0.2, -0.15) is 10.1 Å². The number of carbonyl (C=O) groups excluding carboxylic acids is 1. The number of nitrogens with one attached hydrogen (secondary N) is 1. The van der Waals surface area contributed by atoms with Gasteiger partial charge in [0.05, 0.1) is 17.3 Å². The van der Waals surface area contributed by atoms with Crippen molar-refractivity contribution >= 4 is 17.3 Å². The van der Waals surface area contributed by atoms with Gasteiger partial charge in [-0.1, -0.05) is 18.2 Å². The Labute approximate surface area is 100 Å². The molecule has 0 aromatic heterocycles. The maximum atomic E-state index is 12.3. The van der Waals surface area contributed by atoms with Crippen molar-refractivity contribution < 1.29 is 4.79 Å². The Hall–Kier alpha value is -1.68. The first kappa shape index (κ1) is 10.5. The predicted octanol–water partition coefficient (Wildman–Crippen LogP) is 1.31. The zero-order valence-corrected chi connectivity index (χ0v) is 9.81. The molecule has 1 fully saturated rings. The van der Waals surface area contributed by atoms with E-state index in [2.05, 4.69) is 10.4 Å². The predicted molar refractivity (Wildman–Crippen MR) is 67.1 cm³/mol. The summed E-state index contributed by atoms with van der Waals surface area (Å²) in [6, 6.07) is 7.86. The van der Waals surface area contributed by atoms with E-state index in [9.17, 15) is 4.79 Å². The lowest BCUT2D eigenvalue weighted by Crippen LogP contribution is -2.40. The Balaban J connectivity index is 1.98. The number of aryl methyl sites for hydroxylation is 1. The van der Waals surface area contributed by atoms with Gasteiger partial charge in [-0.05, 0) is 18.6 Å². The molecule has 3 rings (SSSR count). The highest BCUT2D eigenvalue weighted by atomic mass is 16.2. The third-order valence-corrected chi connectivity index (χ3v) is 3.39. The second-order valence-electron chi connectivity index (χ2n) is 4.53. The van der Waals surface area contributed by atoms with E-state index in [1.54, 1.807) is 5.01 Å². The molecule has 1 saturated heterocycles. The van der Waals surface area contributed by atoms with E-state index in [1.165, 1.54) is 0 Å². The number of nitrogens with zero attached hydrogens (tertiary/aromatic N) is 2. The molecule has 1 aromatic rings. The Morgan fingerprint density at radius 2 is 2.24 bits per heavy atom. The fraction of sp³-hybridized carbons (Fsp3) is 0.385. The number of para-hydroxylation sites is 1. The van der Waals surface area contributed by atoms with E-state index in [0.717, 1.165) is 36.5 Å². The van der Waals surface area contributed by atoms with E-state index in [0.29, 0.717) is 0 Å². The fourth-order valence-electron chi connectivity index (χ4n) is 2.40. The average Bonchev–Trinajstić information content (AvgIpc) is 2.68. The van der Waals surface area contributed by atoms with Gasteiger partial charge in [0.15, 0.2) is 0 Å². The van der Waals surface area contributed by atoms with Crippen molar-refractivity contribution in [3.8, 4) is 0 Å². The molecule has 4 heteroatoms. The van der Waals surface area contributed by atoms with E-state index in [4.69, 9.17) is 0 Å². The number of fused-ring (bicyclic) bond motifs is 1. The van der Waals surface area contributed by atoms with Crippen LogP contribution in [0.25, 0.3) is 0 Å². The molecule has 0 bridgehead atoms. The van der Waals surface area contributed by atoms with Crippen LogP contribution in [0.4, 0.5) is 5.69 Å². The van der Waals surface area contributed by atoms with Crippen molar-refractivity contribution in [3.05, 3.63) is 29.8 Å². The van der Waals surface area contributed by atoms with Crippen molar-refractivity contribution in [3.63, 3.8) is 0 Å². The first-order valence-corrected chi connectivity index (χ1v) is 5.95.